The molecule has 0 spiro atoms. The van der Waals surface area contributed by atoms with Crippen molar-refractivity contribution < 1.29 is 0 Å². The summed E-state index contributed by atoms with van der Waals surface area (Å²) in [7, 11) is 0. The molecule has 1 rings (SSSR count). The van der Waals surface area contributed by atoms with Gasteiger partial charge in [0.15, 0.2) is 0 Å². The van der Waals surface area contributed by atoms with E-state index in [2.05, 4.69) is 37.1 Å². The first-order valence-electron chi connectivity index (χ1n) is 5.83. The molecule has 1 heterocycles. The lowest BCUT2D eigenvalue weighted by Crippen LogP contribution is -2.25. The minimum absolute atomic E-state index is 0.367. The van der Waals surface area contributed by atoms with E-state index in [1.165, 1.54) is 0 Å². The quantitative estimate of drug-likeness (QED) is 0.824. The van der Waals surface area contributed by atoms with Gasteiger partial charge in [-0.3, -0.25) is 4.98 Å². The highest BCUT2D eigenvalue weighted by Gasteiger charge is 2.14. The number of nitrogens with one attached hydrogen (secondary N) is 1. The largest absolute Gasteiger partial charge is 0.380 e. The van der Waals surface area contributed by atoms with Crippen molar-refractivity contribution in [3.05, 3.63) is 24.0 Å². The highest BCUT2D eigenvalue weighted by Crippen LogP contribution is 2.19. The van der Waals surface area contributed by atoms with Crippen molar-refractivity contribution in [1.82, 2.24) is 4.98 Å². The molecule has 0 aliphatic rings. The first-order chi connectivity index (χ1) is 7.72. The molecule has 1 atom stereocenters. The third-order valence-electron chi connectivity index (χ3n) is 3.08. The van der Waals surface area contributed by atoms with Gasteiger partial charge in [-0.25, -0.2) is 0 Å². The number of aromatic nitrogens is 1. The van der Waals surface area contributed by atoms with Gasteiger partial charge in [-0.05, 0) is 18.9 Å². The van der Waals surface area contributed by atoms with Gasteiger partial charge in [0.05, 0.1) is 17.4 Å². The second kappa shape index (κ2) is 6.12. The van der Waals surface area contributed by atoms with E-state index in [0.717, 1.165) is 18.5 Å². The maximum atomic E-state index is 8.97. The van der Waals surface area contributed by atoms with E-state index in [-0.39, 0.29) is 0 Å². The molecule has 86 valence electrons. The molecule has 0 aliphatic heterocycles. The molecule has 3 nitrogen and oxygen atoms in total. The third-order valence-corrected chi connectivity index (χ3v) is 3.08. The van der Waals surface area contributed by atoms with Gasteiger partial charge in [0.2, 0.25) is 0 Å². The molecule has 0 amide bonds. The number of nitriles is 1. The molecule has 0 radical (unpaired) electrons. The Morgan fingerprint density at radius 1 is 1.44 bits per heavy atom. The summed E-state index contributed by atoms with van der Waals surface area (Å²) in [5, 5.41) is 12.3. The molecule has 1 unspecified atom stereocenters. The molecule has 0 saturated carbocycles. The second-order valence-corrected chi connectivity index (χ2v) is 4.04. The monoisotopic (exact) mass is 217 g/mol. The predicted molar refractivity (Wildman–Crippen MR) is 66.1 cm³/mol. The van der Waals surface area contributed by atoms with Crippen molar-refractivity contribution in [2.45, 2.75) is 39.7 Å². The molecule has 1 aromatic heterocycles. The van der Waals surface area contributed by atoms with Gasteiger partial charge in [0, 0.05) is 12.2 Å². The topological polar surface area (TPSA) is 48.7 Å². The highest BCUT2D eigenvalue weighted by molar-refractivity contribution is 5.55. The molecular weight excluding hydrogens is 198 g/mol. The Morgan fingerprint density at radius 2 is 2.12 bits per heavy atom. The average Bonchev–Trinajstić information content (AvgIpc) is 2.31. The van der Waals surface area contributed by atoms with Crippen molar-refractivity contribution in [1.29, 1.82) is 5.26 Å². The SMILES string of the molecule is CCC(CC)C(C)Nc1cnccc1C#N. The van der Waals surface area contributed by atoms with E-state index in [1.54, 1.807) is 18.5 Å². The van der Waals surface area contributed by atoms with Gasteiger partial charge in [0.25, 0.3) is 0 Å². The first kappa shape index (κ1) is 12.5. The zero-order chi connectivity index (χ0) is 12.0. The fraction of sp³-hybridized carbons (Fsp3) is 0.538. The maximum absolute atomic E-state index is 8.97. The number of pyridine rings is 1. The van der Waals surface area contributed by atoms with Crippen LogP contribution in [0.3, 0.4) is 0 Å². The van der Waals surface area contributed by atoms with Crippen LogP contribution in [-0.2, 0) is 0 Å². The van der Waals surface area contributed by atoms with E-state index < -0.39 is 0 Å². The summed E-state index contributed by atoms with van der Waals surface area (Å²) in [5.74, 6) is 0.631. The van der Waals surface area contributed by atoms with Crippen LogP contribution in [0.1, 0.15) is 39.2 Å². The summed E-state index contributed by atoms with van der Waals surface area (Å²) < 4.78 is 0. The Bertz CT molecular complexity index is 364. The normalized spacial score (nSPS) is 12.2. The lowest BCUT2D eigenvalue weighted by molar-refractivity contribution is 0.438. The van der Waals surface area contributed by atoms with Crippen LogP contribution in [-0.4, -0.2) is 11.0 Å². The standard InChI is InChI=1S/C13H19N3/c1-4-11(5-2)10(3)16-13-9-15-7-6-12(13)8-14/h6-7,9-11,16H,4-5H2,1-3H3. The molecule has 0 saturated heterocycles. The number of nitrogens with zero attached hydrogens (tertiary/aromatic N) is 2. The van der Waals surface area contributed by atoms with Gasteiger partial charge in [-0.1, -0.05) is 26.7 Å². The van der Waals surface area contributed by atoms with Crippen LogP contribution in [0, 0.1) is 17.2 Å². The molecular formula is C13H19N3. The van der Waals surface area contributed by atoms with Gasteiger partial charge in [0.1, 0.15) is 6.07 Å². The van der Waals surface area contributed by atoms with E-state index in [4.69, 9.17) is 5.26 Å². The van der Waals surface area contributed by atoms with Gasteiger partial charge in [-0.2, -0.15) is 5.26 Å². The zero-order valence-corrected chi connectivity index (χ0v) is 10.2. The zero-order valence-electron chi connectivity index (χ0n) is 10.2. The van der Waals surface area contributed by atoms with Crippen LogP contribution in [0.2, 0.25) is 0 Å². The van der Waals surface area contributed by atoms with Crippen LogP contribution >= 0.6 is 0 Å². The van der Waals surface area contributed by atoms with Crippen molar-refractivity contribution >= 4 is 5.69 Å². The molecule has 1 aromatic rings. The molecule has 0 aliphatic carbocycles. The van der Waals surface area contributed by atoms with E-state index in [9.17, 15) is 0 Å². The second-order valence-electron chi connectivity index (χ2n) is 4.04. The fourth-order valence-corrected chi connectivity index (χ4v) is 1.97. The number of hydrogen-bond acceptors (Lipinski definition) is 3. The van der Waals surface area contributed by atoms with Crippen molar-refractivity contribution in [2.24, 2.45) is 5.92 Å². The molecule has 0 fully saturated rings. The number of anilines is 1. The van der Waals surface area contributed by atoms with Crippen LogP contribution in [0.25, 0.3) is 0 Å². The van der Waals surface area contributed by atoms with Crippen molar-refractivity contribution in [3.8, 4) is 6.07 Å². The predicted octanol–water partition coefficient (Wildman–Crippen LogP) is 3.19. The van der Waals surface area contributed by atoms with Crippen LogP contribution in [0.4, 0.5) is 5.69 Å². The van der Waals surface area contributed by atoms with E-state index in [1.807, 2.05) is 0 Å². The Kier molecular flexibility index (Phi) is 4.78. The highest BCUT2D eigenvalue weighted by atomic mass is 14.9. The Hall–Kier alpha value is -1.56. The van der Waals surface area contributed by atoms with E-state index >= 15 is 0 Å². The van der Waals surface area contributed by atoms with Crippen molar-refractivity contribution in [3.63, 3.8) is 0 Å². The summed E-state index contributed by atoms with van der Waals surface area (Å²) in [6, 6.07) is 4.28. The van der Waals surface area contributed by atoms with Gasteiger partial charge < -0.3 is 5.32 Å². The minimum Gasteiger partial charge on any atom is -0.380 e. The first-order valence-corrected chi connectivity index (χ1v) is 5.83. The Labute approximate surface area is 97.5 Å². The van der Waals surface area contributed by atoms with Gasteiger partial charge in [-0.15, -0.1) is 0 Å². The Balaban J connectivity index is 2.76. The minimum atomic E-state index is 0.367. The third kappa shape index (κ3) is 2.96. The molecule has 0 bridgehead atoms. The van der Waals surface area contributed by atoms with Crippen molar-refractivity contribution in [2.75, 3.05) is 5.32 Å². The molecule has 16 heavy (non-hydrogen) atoms. The van der Waals surface area contributed by atoms with Crippen LogP contribution in [0.15, 0.2) is 18.5 Å². The maximum Gasteiger partial charge on any atom is 0.101 e. The number of rotatable bonds is 5. The lowest BCUT2D eigenvalue weighted by Gasteiger charge is -2.23. The summed E-state index contributed by atoms with van der Waals surface area (Å²) in [6.45, 7) is 6.55. The van der Waals surface area contributed by atoms with Gasteiger partial charge >= 0.3 is 0 Å². The summed E-state index contributed by atoms with van der Waals surface area (Å²) in [6.07, 6.45) is 5.66. The van der Waals surface area contributed by atoms with E-state index in [0.29, 0.717) is 17.5 Å². The Morgan fingerprint density at radius 3 is 2.69 bits per heavy atom. The number of hydrogen-bond donors (Lipinski definition) is 1. The lowest BCUT2D eigenvalue weighted by atomic mass is 9.95. The summed E-state index contributed by atoms with van der Waals surface area (Å²) in [4.78, 5) is 4.04. The molecule has 3 heteroatoms. The molecule has 0 aromatic carbocycles. The van der Waals surface area contributed by atoms with Crippen LogP contribution in [0.5, 0.6) is 0 Å². The molecule has 1 N–H and O–H groups in total. The smallest absolute Gasteiger partial charge is 0.101 e. The average molecular weight is 217 g/mol. The summed E-state index contributed by atoms with van der Waals surface area (Å²) in [5.41, 5.74) is 1.50. The fourth-order valence-electron chi connectivity index (χ4n) is 1.97. The van der Waals surface area contributed by atoms with Crippen LogP contribution < -0.4 is 5.32 Å². The summed E-state index contributed by atoms with van der Waals surface area (Å²) >= 11 is 0.